The Bertz CT molecular complexity index is 593. The molecule has 0 bridgehead atoms. The number of rotatable bonds is 3. The summed E-state index contributed by atoms with van der Waals surface area (Å²) in [6.45, 7) is 0. The van der Waals surface area contributed by atoms with E-state index >= 15 is 0 Å². The van der Waals surface area contributed by atoms with Crippen LogP contribution in [0.4, 0.5) is 0 Å². The van der Waals surface area contributed by atoms with Gasteiger partial charge in [0.25, 0.3) is 0 Å². The van der Waals surface area contributed by atoms with Crippen molar-refractivity contribution in [2.75, 3.05) is 0 Å². The summed E-state index contributed by atoms with van der Waals surface area (Å²) in [4.78, 5) is 8.93. The summed E-state index contributed by atoms with van der Waals surface area (Å²) in [6, 6.07) is 2.73. The normalized spacial score (nSPS) is 22.1. The summed E-state index contributed by atoms with van der Waals surface area (Å²) < 4.78 is 2.41. The maximum absolute atomic E-state index is 6.38. The number of pyridine rings is 1. The Morgan fingerprint density at radius 3 is 2.89 bits per heavy atom. The van der Waals surface area contributed by atoms with Gasteiger partial charge in [0.15, 0.2) is 0 Å². The van der Waals surface area contributed by atoms with Crippen LogP contribution >= 0.6 is 0 Å². The molecule has 0 aromatic carbocycles. The van der Waals surface area contributed by atoms with E-state index in [9.17, 15) is 0 Å². The molecular weight excluding hydrogens is 224 g/mol. The number of imidazole rings is 1. The zero-order chi connectivity index (χ0) is 12.2. The van der Waals surface area contributed by atoms with Gasteiger partial charge in [-0.1, -0.05) is 0 Å². The highest BCUT2D eigenvalue weighted by molar-refractivity contribution is 5.75. The lowest BCUT2D eigenvalue weighted by Crippen LogP contribution is -2.48. The third-order valence-corrected chi connectivity index (χ3v) is 4.34. The van der Waals surface area contributed by atoms with Crippen molar-refractivity contribution in [2.45, 2.75) is 50.1 Å². The van der Waals surface area contributed by atoms with E-state index in [1.54, 1.807) is 0 Å². The molecular formula is C14H18N4. The Labute approximate surface area is 106 Å². The Morgan fingerprint density at radius 1 is 1.39 bits per heavy atom. The smallest absolute Gasteiger partial charge is 0.112 e. The van der Waals surface area contributed by atoms with Gasteiger partial charge in [-0.15, -0.1) is 0 Å². The summed E-state index contributed by atoms with van der Waals surface area (Å²) in [6.07, 6.45) is 10.7. The molecule has 2 heterocycles. The fourth-order valence-corrected chi connectivity index (χ4v) is 2.99. The molecule has 4 rings (SSSR count). The van der Waals surface area contributed by atoms with Crippen LogP contribution in [0.15, 0.2) is 18.5 Å². The van der Waals surface area contributed by atoms with Crippen LogP contribution in [0.25, 0.3) is 11.0 Å². The second-order valence-corrected chi connectivity index (χ2v) is 5.89. The van der Waals surface area contributed by atoms with E-state index in [1.807, 2.05) is 12.4 Å². The van der Waals surface area contributed by atoms with Crippen LogP contribution < -0.4 is 5.73 Å². The van der Waals surface area contributed by atoms with Crippen LogP contribution in [0.2, 0.25) is 0 Å². The monoisotopic (exact) mass is 242 g/mol. The molecule has 4 heteroatoms. The Morgan fingerprint density at radius 2 is 2.22 bits per heavy atom. The first-order valence-electron chi connectivity index (χ1n) is 6.85. The molecule has 2 N–H and O–H groups in total. The molecule has 0 saturated heterocycles. The summed E-state index contributed by atoms with van der Waals surface area (Å²) in [5.41, 5.74) is 8.62. The van der Waals surface area contributed by atoms with Gasteiger partial charge >= 0.3 is 0 Å². The summed E-state index contributed by atoms with van der Waals surface area (Å²) >= 11 is 0. The maximum Gasteiger partial charge on any atom is 0.112 e. The summed E-state index contributed by atoms with van der Waals surface area (Å²) in [5.74, 6) is 1.17. The zero-order valence-corrected chi connectivity index (χ0v) is 10.5. The molecule has 18 heavy (non-hydrogen) atoms. The second kappa shape index (κ2) is 3.54. The quantitative estimate of drug-likeness (QED) is 0.897. The minimum atomic E-state index is 0.00143. The number of hydrogen-bond donors (Lipinski definition) is 1. The average Bonchev–Trinajstić information content (AvgIpc) is 3.09. The zero-order valence-electron chi connectivity index (χ0n) is 10.5. The molecule has 2 aliphatic rings. The summed E-state index contributed by atoms with van der Waals surface area (Å²) in [5, 5.41) is 0. The minimum Gasteiger partial charge on any atom is -0.325 e. The van der Waals surface area contributed by atoms with Gasteiger partial charge in [0.05, 0.1) is 11.7 Å². The predicted octanol–water partition coefficient (Wildman–Crippen LogP) is 2.19. The Hall–Kier alpha value is -1.42. The van der Waals surface area contributed by atoms with Crippen molar-refractivity contribution in [3.05, 3.63) is 24.3 Å². The highest BCUT2D eigenvalue weighted by Crippen LogP contribution is 2.40. The van der Waals surface area contributed by atoms with Crippen LogP contribution in [0.1, 0.15) is 44.0 Å². The lowest BCUT2D eigenvalue weighted by molar-refractivity contribution is 0.241. The molecule has 0 spiro atoms. The van der Waals surface area contributed by atoms with E-state index in [-0.39, 0.29) is 5.54 Å². The number of nitrogens with two attached hydrogens (primary N) is 1. The minimum absolute atomic E-state index is 0.00143. The molecule has 94 valence electrons. The van der Waals surface area contributed by atoms with Crippen LogP contribution in [0.5, 0.6) is 0 Å². The van der Waals surface area contributed by atoms with E-state index in [4.69, 9.17) is 10.7 Å². The van der Waals surface area contributed by atoms with E-state index in [2.05, 4.69) is 15.6 Å². The van der Waals surface area contributed by atoms with Gasteiger partial charge in [0, 0.05) is 24.2 Å². The topological polar surface area (TPSA) is 56.7 Å². The van der Waals surface area contributed by atoms with Gasteiger partial charge in [-0.05, 0) is 38.2 Å². The maximum atomic E-state index is 6.38. The Balaban J connectivity index is 1.80. The van der Waals surface area contributed by atoms with Crippen LogP contribution in [0.3, 0.4) is 0 Å². The molecule has 2 fully saturated rings. The largest absolute Gasteiger partial charge is 0.325 e. The molecule has 2 aliphatic carbocycles. The lowest BCUT2D eigenvalue weighted by atomic mass is 9.75. The van der Waals surface area contributed by atoms with Crippen LogP contribution in [-0.2, 0) is 6.42 Å². The van der Waals surface area contributed by atoms with Crippen molar-refractivity contribution in [1.29, 1.82) is 0 Å². The van der Waals surface area contributed by atoms with Gasteiger partial charge in [-0.3, -0.25) is 4.98 Å². The molecule has 2 saturated carbocycles. The summed E-state index contributed by atoms with van der Waals surface area (Å²) in [7, 11) is 0. The van der Waals surface area contributed by atoms with Crippen LogP contribution in [-0.4, -0.2) is 20.1 Å². The van der Waals surface area contributed by atoms with Gasteiger partial charge < -0.3 is 10.3 Å². The number of nitrogens with zero attached hydrogens (tertiary/aromatic N) is 3. The van der Waals surface area contributed by atoms with Crippen molar-refractivity contribution in [3.8, 4) is 0 Å². The first-order valence-corrected chi connectivity index (χ1v) is 6.85. The molecule has 0 radical (unpaired) electrons. The van der Waals surface area contributed by atoms with Crippen LogP contribution in [0, 0.1) is 0 Å². The SMILES string of the molecule is NC1(Cc2nc3cnccc3n2C2CC2)CCC1. The lowest BCUT2D eigenvalue weighted by Gasteiger charge is -2.37. The first-order chi connectivity index (χ1) is 8.75. The molecule has 4 nitrogen and oxygen atoms in total. The van der Waals surface area contributed by atoms with Gasteiger partial charge in [0.2, 0.25) is 0 Å². The van der Waals surface area contributed by atoms with Gasteiger partial charge in [-0.2, -0.15) is 0 Å². The van der Waals surface area contributed by atoms with Crippen molar-refractivity contribution in [1.82, 2.24) is 14.5 Å². The fraction of sp³-hybridized carbons (Fsp3) is 0.571. The Kier molecular flexibility index (Phi) is 2.07. The fourth-order valence-electron chi connectivity index (χ4n) is 2.99. The van der Waals surface area contributed by atoms with Crippen molar-refractivity contribution >= 4 is 11.0 Å². The number of hydrogen-bond acceptors (Lipinski definition) is 3. The van der Waals surface area contributed by atoms with E-state index in [0.29, 0.717) is 6.04 Å². The third-order valence-electron chi connectivity index (χ3n) is 4.34. The highest BCUT2D eigenvalue weighted by atomic mass is 15.1. The van der Waals surface area contributed by atoms with E-state index < -0.39 is 0 Å². The highest BCUT2D eigenvalue weighted by Gasteiger charge is 2.36. The van der Waals surface area contributed by atoms with Crippen molar-refractivity contribution in [2.24, 2.45) is 5.73 Å². The predicted molar refractivity (Wildman–Crippen MR) is 70.3 cm³/mol. The van der Waals surface area contributed by atoms with Gasteiger partial charge in [-0.25, -0.2) is 4.98 Å². The van der Waals surface area contributed by atoms with E-state index in [0.717, 1.165) is 24.8 Å². The van der Waals surface area contributed by atoms with E-state index in [1.165, 1.54) is 30.6 Å². The van der Waals surface area contributed by atoms with Crippen molar-refractivity contribution in [3.63, 3.8) is 0 Å². The van der Waals surface area contributed by atoms with Gasteiger partial charge in [0.1, 0.15) is 11.3 Å². The number of aromatic nitrogens is 3. The second-order valence-electron chi connectivity index (χ2n) is 5.89. The third kappa shape index (κ3) is 1.56. The molecule has 0 atom stereocenters. The average molecular weight is 242 g/mol. The number of fused-ring (bicyclic) bond motifs is 1. The molecule has 0 amide bonds. The molecule has 2 aromatic heterocycles. The molecule has 0 unspecified atom stereocenters. The standard InChI is InChI=1S/C14H18N4/c15-14(5-1-6-14)8-13-17-11-9-16-7-4-12(11)18(13)10-2-3-10/h4,7,9-10H,1-3,5-6,8,15H2. The van der Waals surface area contributed by atoms with Crippen molar-refractivity contribution < 1.29 is 0 Å². The molecule has 0 aliphatic heterocycles. The molecule has 2 aromatic rings. The first kappa shape index (κ1) is 10.5.